The third kappa shape index (κ3) is 1.95. The van der Waals surface area contributed by atoms with Crippen LogP contribution in [0.2, 0.25) is 0 Å². The average Bonchev–Trinajstić information content (AvgIpc) is 2.46. The molecule has 3 nitrogen and oxygen atoms in total. The van der Waals surface area contributed by atoms with Crippen LogP contribution in [0.15, 0.2) is 27.9 Å². The quantitative estimate of drug-likeness (QED) is 0.772. The van der Waals surface area contributed by atoms with Crippen LogP contribution in [0.5, 0.6) is 0 Å². The van der Waals surface area contributed by atoms with Crippen molar-refractivity contribution in [1.29, 1.82) is 0 Å². The molecule has 0 unspecified atom stereocenters. The smallest absolute Gasteiger partial charge is 0.218 e. The van der Waals surface area contributed by atoms with Crippen LogP contribution in [0.4, 0.5) is 0 Å². The predicted octanol–water partition coefficient (Wildman–Crippen LogP) is 2.40. The molecule has 74 valence electrons. The third-order valence-electron chi connectivity index (χ3n) is 1.92. The zero-order chi connectivity index (χ0) is 10.2. The van der Waals surface area contributed by atoms with Gasteiger partial charge in [-0.2, -0.15) is 0 Å². The number of ether oxygens (including phenoxy) is 1. The third-order valence-corrected chi connectivity index (χ3v) is 2.35. The van der Waals surface area contributed by atoms with Gasteiger partial charge in [0, 0.05) is 16.9 Å². The molecule has 1 aliphatic rings. The summed E-state index contributed by atoms with van der Waals surface area (Å²) in [7, 11) is 0. The Kier molecular flexibility index (Phi) is 2.31. The lowest BCUT2D eigenvalue weighted by molar-refractivity contribution is 0.279. The Labute approximate surface area is 91.3 Å². The van der Waals surface area contributed by atoms with Crippen molar-refractivity contribution in [1.82, 2.24) is 4.98 Å². The van der Waals surface area contributed by atoms with E-state index in [1.54, 1.807) is 12.4 Å². The van der Waals surface area contributed by atoms with Crippen LogP contribution in [0, 0.1) is 0 Å². The highest BCUT2D eigenvalue weighted by atomic mass is 79.9. The molecule has 1 aromatic heterocycles. The second kappa shape index (κ2) is 3.35. The fourth-order valence-electron chi connectivity index (χ4n) is 1.26. The van der Waals surface area contributed by atoms with Gasteiger partial charge in [0.1, 0.15) is 6.61 Å². The summed E-state index contributed by atoms with van der Waals surface area (Å²) in [4.78, 5) is 8.53. The molecule has 0 aliphatic carbocycles. The van der Waals surface area contributed by atoms with Gasteiger partial charge in [0.05, 0.1) is 11.1 Å². The fourth-order valence-corrected chi connectivity index (χ4v) is 1.63. The van der Waals surface area contributed by atoms with Gasteiger partial charge in [0.15, 0.2) is 0 Å². The number of aromatic nitrogens is 1. The van der Waals surface area contributed by atoms with E-state index in [1.807, 2.05) is 19.9 Å². The van der Waals surface area contributed by atoms with Crippen LogP contribution in [0.25, 0.3) is 0 Å². The lowest BCUT2D eigenvalue weighted by Gasteiger charge is -2.07. The number of pyridine rings is 1. The molecule has 2 rings (SSSR count). The number of halogens is 1. The van der Waals surface area contributed by atoms with Crippen molar-refractivity contribution in [3.8, 4) is 0 Å². The number of aliphatic imine (C=N–C) groups is 1. The number of hydrogen-bond acceptors (Lipinski definition) is 3. The molecule has 0 amide bonds. The Hall–Kier alpha value is -0.900. The van der Waals surface area contributed by atoms with Gasteiger partial charge in [-0.05, 0) is 35.8 Å². The zero-order valence-electron chi connectivity index (χ0n) is 8.12. The lowest BCUT2D eigenvalue weighted by atomic mass is 10.1. The van der Waals surface area contributed by atoms with Crippen molar-refractivity contribution in [2.24, 2.45) is 4.99 Å². The first-order valence-corrected chi connectivity index (χ1v) is 5.20. The largest absolute Gasteiger partial charge is 0.475 e. The Morgan fingerprint density at radius 2 is 2.21 bits per heavy atom. The molecule has 0 fully saturated rings. The molecule has 0 bridgehead atoms. The summed E-state index contributed by atoms with van der Waals surface area (Å²) < 4.78 is 6.43. The first kappa shape index (κ1) is 9.65. The summed E-state index contributed by atoms with van der Waals surface area (Å²) in [6.07, 6.45) is 3.50. The minimum Gasteiger partial charge on any atom is -0.475 e. The molecule has 0 saturated carbocycles. The Morgan fingerprint density at radius 1 is 1.43 bits per heavy atom. The van der Waals surface area contributed by atoms with Crippen LogP contribution in [0.3, 0.4) is 0 Å². The van der Waals surface area contributed by atoms with Crippen LogP contribution in [-0.4, -0.2) is 23.0 Å². The van der Waals surface area contributed by atoms with E-state index in [0.29, 0.717) is 12.5 Å². The topological polar surface area (TPSA) is 34.5 Å². The van der Waals surface area contributed by atoms with Gasteiger partial charge in [0.25, 0.3) is 0 Å². The predicted molar refractivity (Wildman–Crippen MR) is 58.5 cm³/mol. The van der Waals surface area contributed by atoms with Crippen molar-refractivity contribution >= 4 is 21.8 Å². The Bertz CT molecular complexity index is 387. The molecule has 0 radical (unpaired) electrons. The van der Waals surface area contributed by atoms with Crippen molar-refractivity contribution in [2.75, 3.05) is 6.61 Å². The van der Waals surface area contributed by atoms with Gasteiger partial charge in [0.2, 0.25) is 5.90 Å². The first-order chi connectivity index (χ1) is 6.57. The number of hydrogen-bond donors (Lipinski definition) is 0. The zero-order valence-corrected chi connectivity index (χ0v) is 9.71. The van der Waals surface area contributed by atoms with Gasteiger partial charge >= 0.3 is 0 Å². The van der Waals surface area contributed by atoms with E-state index in [1.165, 1.54) is 0 Å². The molecular formula is C10H11BrN2O. The van der Waals surface area contributed by atoms with Gasteiger partial charge in [-0.25, -0.2) is 4.99 Å². The molecule has 0 aromatic carbocycles. The normalized spacial score (nSPS) is 18.9. The molecule has 0 atom stereocenters. The monoisotopic (exact) mass is 254 g/mol. The maximum Gasteiger partial charge on any atom is 0.218 e. The van der Waals surface area contributed by atoms with E-state index in [4.69, 9.17) is 4.74 Å². The molecule has 1 aromatic rings. The van der Waals surface area contributed by atoms with E-state index < -0.39 is 0 Å². The summed E-state index contributed by atoms with van der Waals surface area (Å²) in [6.45, 7) is 4.73. The molecular weight excluding hydrogens is 244 g/mol. The van der Waals surface area contributed by atoms with Crippen molar-refractivity contribution in [3.63, 3.8) is 0 Å². The van der Waals surface area contributed by atoms with E-state index in [2.05, 4.69) is 25.9 Å². The summed E-state index contributed by atoms with van der Waals surface area (Å²) in [5.74, 6) is 0.684. The average molecular weight is 255 g/mol. The molecule has 0 saturated heterocycles. The minimum absolute atomic E-state index is 0.113. The van der Waals surface area contributed by atoms with Crippen LogP contribution >= 0.6 is 15.9 Å². The molecule has 14 heavy (non-hydrogen) atoms. The lowest BCUT2D eigenvalue weighted by Crippen LogP contribution is -2.17. The van der Waals surface area contributed by atoms with Crippen LogP contribution in [0.1, 0.15) is 19.4 Å². The highest BCUT2D eigenvalue weighted by Gasteiger charge is 2.27. The van der Waals surface area contributed by atoms with Crippen LogP contribution < -0.4 is 0 Å². The molecule has 0 N–H and O–H groups in total. The first-order valence-electron chi connectivity index (χ1n) is 4.40. The van der Waals surface area contributed by atoms with Crippen molar-refractivity contribution < 1.29 is 4.74 Å². The molecule has 4 heteroatoms. The number of nitrogens with zero attached hydrogens (tertiary/aromatic N) is 2. The van der Waals surface area contributed by atoms with Gasteiger partial charge in [-0.3, -0.25) is 4.98 Å². The van der Waals surface area contributed by atoms with Gasteiger partial charge in [-0.15, -0.1) is 0 Å². The summed E-state index contributed by atoms with van der Waals surface area (Å²) in [6, 6.07) is 1.95. The Morgan fingerprint density at radius 3 is 2.79 bits per heavy atom. The summed E-state index contributed by atoms with van der Waals surface area (Å²) in [5.41, 5.74) is 0.808. The number of rotatable bonds is 1. The summed E-state index contributed by atoms with van der Waals surface area (Å²) in [5, 5.41) is 0. The Balaban J connectivity index is 2.33. The molecule has 0 spiro atoms. The van der Waals surface area contributed by atoms with E-state index in [9.17, 15) is 0 Å². The summed E-state index contributed by atoms with van der Waals surface area (Å²) >= 11 is 3.36. The van der Waals surface area contributed by atoms with Crippen molar-refractivity contribution in [3.05, 3.63) is 28.5 Å². The van der Waals surface area contributed by atoms with Crippen LogP contribution in [-0.2, 0) is 4.74 Å². The molecule has 1 aliphatic heterocycles. The highest BCUT2D eigenvalue weighted by Crippen LogP contribution is 2.21. The van der Waals surface area contributed by atoms with Crippen molar-refractivity contribution in [2.45, 2.75) is 19.4 Å². The maximum atomic E-state index is 5.50. The minimum atomic E-state index is -0.113. The maximum absolute atomic E-state index is 5.50. The SMILES string of the molecule is CC1(C)COC(c2cncc(Br)c2)=N1. The second-order valence-corrected chi connectivity index (χ2v) is 4.83. The fraction of sp³-hybridized carbons (Fsp3) is 0.400. The molecule has 2 heterocycles. The van der Waals surface area contributed by atoms with Gasteiger partial charge < -0.3 is 4.74 Å². The van der Waals surface area contributed by atoms with E-state index >= 15 is 0 Å². The second-order valence-electron chi connectivity index (χ2n) is 3.91. The van der Waals surface area contributed by atoms with E-state index in [0.717, 1.165) is 10.0 Å². The standard InChI is InChI=1S/C10H11BrN2O/c1-10(2)6-14-9(13-10)7-3-8(11)5-12-4-7/h3-5H,6H2,1-2H3. The van der Waals surface area contributed by atoms with E-state index in [-0.39, 0.29) is 5.54 Å². The highest BCUT2D eigenvalue weighted by molar-refractivity contribution is 9.10. The van der Waals surface area contributed by atoms with Gasteiger partial charge in [-0.1, -0.05) is 0 Å².